The van der Waals surface area contributed by atoms with Crippen LogP contribution in [0.4, 0.5) is 0 Å². The fraction of sp³-hybridized carbons (Fsp3) is 0.0909. The van der Waals surface area contributed by atoms with Gasteiger partial charge in [0.05, 0.1) is 9.81 Å². The molecule has 0 aliphatic carbocycles. The van der Waals surface area contributed by atoms with Crippen molar-refractivity contribution in [3.05, 3.63) is 93.8 Å². The van der Waals surface area contributed by atoms with E-state index < -0.39 is 0 Å². The SMILES string of the molecule is O=C(C=Cc1ccccc1)C(C(=O)C=Cc1ccccc1)=C1SCCS1. The second-order valence-electron chi connectivity index (χ2n) is 5.58. The van der Waals surface area contributed by atoms with Crippen molar-refractivity contribution in [2.24, 2.45) is 0 Å². The Bertz CT molecular complexity index is 794. The lowest BCUT2D eigenvalue weighted by molar-refractivity contribution is -0.116. The van der Waals surface area contributed by atoms with Crippen molar-refractivity contribution < 1.29 is 9.59 Å². The van der Waals surface area contributed by atoms with Crippen LogP contribution in [0, 0.1) is 0 Å². The molecule has 1 aliphatic rings. The molecule has 1 saturated heterocycles. The third kappa shape index (κ3) is 5.10. The number of carbonyl (C=O) groups excluding carboxylic acids is 2. The minimum absolute atomic E-state index is 0.242. The molecule has 0 unspecified atom stereocenters. The monoisotopic (exact) mass is 378 g/mol. The van der Waals surface area contributed by atoms with Gasteiger partial charge in [-0.1, -0.05) is 72.8 Å². The summed E-state index contributed by atoms with van der Waals surface area (Å²) < 4.78 is 0.829. The van der Waals surface area contributed by atoms with Crippen LogP contribution in [0.5, 0.6) is 0 Å². The predicted molar refractivity (Wildman–Crippen MR) is 113 cm³/mol. The zero-order valence-electron chi connectivity index (χ0n) is 14.1. The molecular formula is C22H18O2S2. The Morgan fingerprint density at radius 1 is 0.692 bits per heavy atom. The molecule has 0 atom stereocenters. The maximum Gasteiger partial charge on any atom is 0.191 e. The Hall–Kier alpha value is -2.30. The fourth-order valence-electron chi connectivity index (χ4n) is 2.42. The lowest BCUT2D eigenvalue weighted by Crippen LogP contribution is -2.10. The van der Waals surface area contributed by atoms with Crippen LogP contribution in [-0.4, -0.2) is 23.1 Å². The normalized spacial score (nSPS) is 14.2. The van der Waals surface area contributed by atoms with Crippen LogP contribution in [0.1, 0.15) is 11.1 Å². The summed E-state index contributed by atoms with van der Waals surface area (Å²) in [5.74, 6) is 1.37. The quantitative estimate of drug-likeness (QED) is 0.391. The molecule has 0 aromatic heterocycles. The van der Waals surface area contributed by atoms with Gasteiger partial charge < -0.3 is 0 Å². The van der Waals surface area contributed by atoms with Crippen LogP contribution >= 0.6 is 23.5 Å². The summed E-state index contributed by atoms with van der Waals surface area (Å²) in [5, 5.41) is 0. The number of thioether (sulfide) groups is 2. The van der Waals surface area contributed by atoms with Gasteiger partial charge in [-0.15, -0.1) is 23.5 Å². The first-order valence-corrected chi connectivity index (χ1v) is 10.3. The van der Waals surface area contributed by atoms with Gasteiger partial charge >= 0.3 is 0 Å². The summed E-state index contributed by atoms with van der Waals surface area (Å²) in [4.78, 5) is 25.5. The van der Waals surface area contributed by atoms with Gasteiger partial charge in [-0.3, -0.25) is 9.59 Å². The molecule has 2 aromatic carbocycles. The fourth-order valence-corrected chi connectivity index (χ4v) is 4.98. The molecule has 0 bridgehead atoms. The van der Waals surface area contributed by atoms with E-state index >= 15 is 0 Å². The zero-order chi connectivity index (χ0) is 18.2. The maximum absolute atomic E-state index is 12.7. The molecule has 2 nitrogen and oxygen atoms in total. The minimum atomic E-state index is -0.242. The van der Waals surface area contributed by atoms with Crippen molar-refractivity contribution in [3.63, 3.8) is 0 Å². The molecule has 4 heteroatoms. The molecule has 26 heavy (non-hydrogen) atoms. The van der Waals surface area contributed by atoms with Gasteiger partial charge in [0.1, 0.15) is 0 Å². The number of rotatable bonds is 6. The zero-order valence-corrected chi connectivity index (χ0v) is 15.8. The first kappa shape index (κ1) is 18.5. The van der Waals surface area contributed by atoms with Crippen molar-refractivity contribution in [2.75, 3.05) is 11.5 Å². The van der Waals surface area contributed by atoms with E-state index in [1.807, 2.05) is 60.7 Å². The Balaban J connectivity index is 1.83. The average molecular weight is 379 g/mol. The van der Waals surface area contributed by atoms with E-state index in [0.29, 0.717) is 0 Å². The summed E-state index contributed by atoms with van der Waals surface area (Å²) in [6.45, 7) is 0. The third-order valence-electron chi connectivity index (χ3n) is 3.70. The van der Waals surface area contributed by atoms with Crippen LogP contribution in [-0.2, 0) is 9.59 Å². The minimum Gasteiger partial charge on any atom is -0.289 e. The van der Waals surface area contributed by atoms with Crippen molar-refractivity contribution in [1.82, 2.24) is 0 Å². The highest BCUT2D eigenvalue weighted by Gasteiger charge is 2.23. The van der Waals surface area contributed by atoms with E-state index in [1.54, 1.807) is 35.7 Å². The van der Waals surface area contributed by atoms with Crippen LogP contribution in [0.3, 0.4) is 0 Å². The summed E-state index contributed by atoms with van der Waals surface area (Å²) in [6, 6.07) is 19.2. The topological polar surface area (TPSA) is 34.1 Å². The van der Waals surface area contributed by atoms with E-state index in [9.17, 15) is 9.59 Å². The number of benzene rings is 2. The van der Waals surface area contributed by atoms with Crippen molar-refractivity contribution in [2.45, 2.75) is 0 Å². The molecule has 1 aliphatic heterocycles. The Morgan fingerprint density at radius 2 is 1.12 bits per heavy atom. The summed E-state index contributed by atoms with van der Waals surface area (Å²) >= 11 is 3.17. The molecule has 2 aromatic rings. The summed E-state index contributed by atoms with van der Waals surface area (Å²) in [7, 11) is 0. The van der Waals surface area contributed by atoms with Gasteiger partial charge in [0.25, 0.3) is 0 Å². The van der Waals surface area contributed by atoms with Crippen LogP contribution < -0.4 is 0 Å². The van der Waals surface area contributed by atoms with Gasteiger partial charge in [0.2, 0.25) is 0 Å². The lowest BCUT2D eigenvalue weighted by atomic mass is 10.1. The Labute approximate surface area is 162 Å². The average Bonchev–Trinajstić information content (AvgIpc) is 3.21. The molecule has 0 spiro atoms. The van der Waals surface area contributed by atoms with E-state index in [4.69, 9.17) is 0 Å². The molecule has 0 saturated carbocycles. The highest BCUT2D eigenvalue weighted by molar-refractivity contribution is 8.25. The molecule has 0 radical (unpaired) electrons. The number of carbonyl (C=O) groups is 2. The maximum atomic E-state index is 12.7. The van der Waals surface area contributed by atoms with Crippen molar-refractivity contribution in [1.29, 1.82) is 0 Å². The van der Waals surface area contributed by atoms with Crippen LogP contribution in [0.15, 0.2) is 82.6 Å². The number of hydrogen-bond acceptors (Lipinski definition) is 4. The third-order valence-corrected chi connectivity index (χ3v) is 6.41. The second kappa shape index (κ2) is 9.41. The molecule has 3 rings (SSSR count). The van der Waals surface area contributed by atoms with Gasteiger partial charge in [0.15, 0.2) is 11.6 Å². The Kier molecular flexibility index (Phi) is 6.69. The van der Waals surface area contributed by atoms with Gasteiger partial charge in [-0.25, -0.2) is 0 Å². The second-order valence-corrected chi connectivity index (χ2v) is 8.04. The van der Waals surface area contributed by atoms with E-state index in [0.717, 1.165) is 26.9 Å². The van der Waals surface area contributed by atoms with Gasteiger partial charge in [0, 0.05) is 11.5 Å². The summed E-state index contributed by atoms with van der Waals surface area (Å²) in [6.07, 6.45) is 6.49. The molecular weight excluding hydrogens is 360 g/mol. The van der Waals surface area contributed by atoms with Crippen LogP contribution in [0.2, 0.25) is 0 Å². The van der Waals surface area contributed by atoms with Crippen molar-refractivity contribution in [3.8, 4) is 0 Å². The van der Waals surface area contributed by atoms with Gasteiger partial charge in [-0.05, 0) is 23.3 Å². The molecule has 130 valence electrons. The number of allylic oxidation sites excluding steroid dienone is 3. The standard InChI is InChI=1S/C22H18O2S2/c23-19(13-11-17-7-3-1-4-8-17)21(22-25-15-16-26-22)20(24)14-12-18-9-5-2-6-10-18/h1-14H,15-16H2. The smallest absolute Gasteiger partial charge is 0.191 e. The van der Waals surface area contributed by atoms with E-state index in [-0.39, 0.29) is 17.1 Å². The molecule has 0 N–H and O–H groups in total. The molecule has 0 amide bonds. The number of hydrogen-bond donors (Lipinski definition) is 0. The molecule has 1 heterocycles. The first-order chi connectivity index (χ1) is 12.7. The molecule has 1 fully saturated rings. The Morgan fingerprint density at radius 3 is 1.54 bits per heavy atom. The largest absolute Gasteiger partial charge is 0.289 e. The van der Waals surface area contributed by atoms with Gasteiger partial charge in [-0.2, -0.15) is 0 Å². The summed E-state index contributed by atoms with van der Waals surface area (Å²) in [5.41, 5.74) is 2.14. The van der Waals surface area contributed by atoms with E-state index in [2.05, 4.69) is 0 Å². The predicted octanol–water partition coefficient (Wildman–Crippen LogP) is 5.24. The highest BCUT2D eigenvalue weighted by atomic mass is 32.2. The first-order valence-electron chi connectivity index (χ1n) is 8.29. The highest BCUT2D eigenvalue weighted by Crippen LogP contribution is 2.39. The lowest BCUT2D eigenvalue weighted by Gasteiger charge is -2.04. The number of ketones is 2. The van der Waals surface area contributed by atoms with Crippen LogP contribution in [0.25, 0.3) is 12.2 Å². The van der Waals surface area contributed by atoms with E-state index in [1.165, 1.54) is 12.2 Å². The van der Waals surface area contributed by atoms with Crippen molar-refractivity contribution >= 4 is 47.2 Å².